The number of amides is 2. The Morgan fingerprint density at radius 1 is 1.57 bits per heavy atom. The number of urea groups is 1. The fourth-order valence-electron chi connectivity index (χ4n) is 1.40. The molecule has 0 aromatic carbocycles. The summed E-state index contributed by atoms with van der Waals surface area (Å²) in [7, 11) is 0. The van der Waals surface area contributed by atoms with E-state index in [1.807, 2.05) is 4.90 Å². The second kappa shape index (κ2) is 4.27. The van der Waals surface area contributed by atoms with Gasteiger partial charge in [0.25, 0.3) is 0 Å². The Kier molecular flexibility index (Phi) is 3.02. The van der Waals surface area contributed by atoms with Gasteiger partial charge in [0.2, 0.25) is 0 Å². The lowest BCUT2D eigenvalue weighted by Crippen LogP contribution is -2.32. The second-order valence-corrected chi connectivity index (χ2v) is 5.50. The van der Waals surface area contributed by atoms with Crippen molar-refractivity contribution in [2.45, 2.75) is 12.8 Å². The monoisotopic (exact) mass is 275 g/mol. The highest BCUT2D eigenvalue weighted by Gasteiger charge is 2.18. The molecule has 6 heteroatoms. The van der Waals surface area contributed by atoms with Crippen molar-refractivity contribution in [3.05, 3.63) is 9.98 Å². The lowest BCUT2D eigenvalue weighted by atomic mass is 10.4. The number of hydrogen-bond donors (Lipinski definition) is 1. The van der Waals surface area contributed by atoms with Crippen molar-refractivity contribution in [3.63, 3.8) is 0 Å². The summed E-state index contributed by atoms with van der Waals surface area (Å²) in [4.78, 5) is 17.4. The SMILES string of the molecule is O=C(Nc1ncc(Br)s1)N1CCCC1. The molecule has 14 heavy (non-hydrogen) atoms. The first kappa shape index (κ1) is 9.92. The van der Waals surface area contributed by atoms with Crippen LogP contribution in [-0.2, 0) is 0 Å². The zero-order chi connectivity index (χ0) is 9.97. The molecule has 1 aliphatic heterocycles. The zero-order valence-electron chi connectivity index (χ0n) is 7.49. The Hall–Kier alpha value is -0.620. The molecule has 0 aliphatic carbocycles. The van der Waals surface area contributed by atoms with Gasteiger partial charge < -0.3 is 4.90 Å². The molecule has 0 spiro atoms. The van der Waals surface area contributed by atoms with E-state index in [1.165, 1.54) is 11.3 Å². The van der Waals surface area contributed by atoms with E-state index in [1.54, 1.807) is 6.20 Å². The first-order valence-corrected chi connectivity index (χ1v) is 6.04. The Bertz CT molecular complexity index is 335. The van der Waals surface area contributed by atoms with Crippen molar-refractivity contribution in [3.8, 4) is 0 Å². The van der Waals surface area contributed by atoms with Gasteiger partial charge in [-0.2, -0.15) is 0 Å². The second-order valence-electron chi connectivity index (χ2n) is 3.09. The molecule has 1 aromatic rings. The zero-order valence-corrected chi connectivity index (χ0v) is 9.90. The maximum absolute atomic E-state index is 11.6. The maximum Gasteiger partial charge on any atom is 0.323 e. The van der Waals surface area contributed by atoms with Crippen molar-refractivity contribution in [1.29, 1.82) is 0 Å². The topological polar surface area (TPSA) is 45.2 Å². The minimum Gasteiger partial charge on any atom is -0.324 e. The summed E-state index contributed by atoms with van der Waals surface area (Å²) in [6.45, 7) is 1.72. The summed E-state index contributed by atoms with van der Waals surface area (Å²) in [5.74, 6) is 0. The maximum atomic E-state index is 11.6. The number of hydrogen-bond acceptors (Lipinski definition) is 3. The van der Waals surface area contributed by atoms with E-state index < -0.39 is 0 Å². The molecule has 4 nitrogen and oxygen atoms in total. The average molecular weight is 276 g/mol. The number of likely N-dealkylation sites (tertiary alicyclic amines) is 1. The van der Waals surface area contributed by atoms with Crippen LogP contribution in [0.1, 0.15) is 12.8 Å². The summed E-state index contributed by atoms with van der Waals surface area (Å²) >= 11 is 4.72. The molecule has 76 valence electrons. The molecule has 2 amide bonds. The Labute approximate surface area is 94.4 Å². The minimum atomic E-state index is -0.0376. The van der Waals surface area contributed by atoms with E-state index in [-0.39, 0.29) is 6.03 Å². The van der Waals surface area contributed by atoms with E-state index >= 15 is 0 Å². The van der Waals surface area contributed by atoms with Crippen LogP contribution in [0.5, 0.6) is 0 Å². The van der Waals surface area contributed by atoms with E-state index in [2.05, 4.69) is 26.2 Å². The van der Waals surface area contributed by atoms with Crippen LogP contribution >= 0.6 is 27.3 Å². The number of carbonyl (C=O) groups is 1. The van der Waals surface area contributed by atoms with Crippen LogP contribution < -0.4 is 5.32 Å². The number of anilines is 1. The molecular weight excluding hydrogens is 266 g/mol. The molecule has 0 bridgehead atoms. The Morgan fingerprint density at radius 2 is 2.29 bits per heavy atom. The first-order valence-electron chi connectivity index (χ1n) is 4.43. The molecule has 2 heterocycles. The average Bonchev–Trinajstić information content (AvgIpc) is 2.75. The molecule has 0 atom stereocenters. The predicted molar refractivity (Wildman–Crippen MR) is 59.6 cm³/mol. The number of halogens is 1. The van der Waals surface area contributed by atoms with E-state index in [0.29, 0.717) is 5.13 Å². The van der Waals surface area contributed by atoms with Gasteiger partial charge in [-0.05, 0) is 28.8 Å². The molecule has 0 unspecified atom stereocenters. The Balaban J connectivity index is 1.93. The molecule has 0 radical (unpaired) electrons. The highest BCUT2D eigenvalue weighted by atomic mass is 79.9. The standard InChI is InChI=1S/C8H10BrN3OS/c9-6-5-10-7(14-6)11-8(13)12-3-1-2-4-12/h5H,1-4H2,(H,10,11,13). The van der Waals surface area contributed by atoms with Crippen LogP contribution in [0.15, 0.2) is 9.98 Å². The van der Waals surface area contributed by atoms with Gasteiger partial charge in [0.15, 0.2) is 5.13 Å². The van der Waals surface area contributed by atoms with Crippen molar-refractivity contribution in [1.82, 2.24) is 9.88 Å². The third kappa shape index (κ3) is 2.24. The molecule has 2 rings (SSSR count). The van der Waals surface area contributed by atoms with Crippen LogP contribution in [0.3, 0.4) is 0 Å². The van der Waals surface area contributed by atoms with Crippen molar-refractivity contribution < 1.29 is 4.79 Å². The van der Waals surface area contributed by atoms with Crippen LogP contribution in [0.25, 0.3) is 0 Å². The van der Waals surface area contributed by atoms with Crippen molar-refractivity contribution >= 4 is 38.4 Å². The van der Waals surface area contributed by atoms with Gasteiger partial charge in [-0.1, -0.05) is 11.3 Å². The third-order valence-corrected chi connectivity index (χ3v) is 3.48. The first-order chi connectivity index (χ1) is 6.75. The van der Waals surface area contributed by atoms with E-state index in [0.717, 1.165) is 29.7 Å². The van der Waals surface area contributed by atoms with Gasteiger partial charge in [-0.25, -0.2) is 9.78 Å². The molecule has 1 fully saturated rings. The molecule has 1 aliphatic rings. The van der Waals surface area contributed by atoms with Crippen LogP contribution in [-0.4, -0.2) is 29.0 Å². The summed E-state index contributed by atoms with van der Waals surface area (Å²) < 4.78 is 0.925. The number of nitrogens with zero attached hydrogens (tertiary/aromatic N) is 2. The third-order valence-electron chi connectivity index (χ3n) is 2.08. The number of rotatable bonds is 1. The Morgan fingerprint density at radius 3 is 2.86 bits per heavy atom. The molecular formula is C8H10BrN3OS. The van der Waals surface area contributed by atoms with Gasteiger partial charge in [-0.15, -0.1) is 0 Å². The van der Waals surface area contributed by atoms with Crippen molar-refractivity contribution in [2.24, 2.45) is 0 Å². The summed E-state index contributed by atoms with van der Waals surface area (Å²) in [6.07, 6.45) is 3.90. The number of thiazole rings is 1. The lowest BCUT2D eigenvalue weighted by Gasteiger charge is -2.14. The number of aromatic nitrogens is 1. The molecule has 1 aromatic heterocycles. The quantitative estimate of drug-likeness (QED) is 0.856. The van der Waals surface area contributed by atoms with Gasteiger partial charge in [0.05, 0.1) is 9.98 Å². The van der Waals surface area contributed by atoms with Gasteiger partial charge >= 0.3 is 6.03 Å². The largest absolute Gasteiger partial charge is 0.324 e. The van der Waals surface area contributed by atoms with Crippen LogP contribution in [0.4, 0.5) is 9.93 Å². The molecule has 1 N–H and O–H groups in total. The van der Waals surface area contributed by atoms with Gasteiger partial charge in [-0.3, -0.25) is 5.32 Å². The number of nitrogens with one attached hydrogen (secondary N) is 1. The lowest BCUT2D eigenvalue weighted by molar-refractivity contribution is 0.222. The predicted octanol–water partition coefficient (Wildman–Crippen LogP) is 2.53. The van der Waals surface area contributed by atoms with E-state index in [9.17, 15) is 4.79 Å². The van der Waals surface area contributed by atoms with E-state index in [4.69, 9.17) is 0 Å². The fraction of sp³-hybridized carbons (Fsp3) is 0.500. The van der Waals surface area contributed by atoms with Gasteiger partial charge in [0.1, 0.15) is 0 Å². The summed E-state index contributed by atoms with van der Waals surface area (Å²) in [6, 6.07) is -0.0376. The molecule has 0 saturated carbocycles. The summed E-state index contributed by atoms with van der Waals surface area (Å²) in [5, 5.41) is 3.42. The van der Waals surface area contributed by atoms with Crippen LogP contribution in [0, 0.1) is 0 Å². The number of carbonyl (C=O) groups excluding carboxylic acids is 1. The normalized spacial score (nSPS) is 15.9. The van der Waals surface area contributed by atoms with Crippen molar-refractivity contribution in [2.75, 3.05) is 18.4 Å². The summed E-state index contributed by atoms with van der Waals surface area (Å²) in [5.41, 5.74) is 0. The minimum absolute atomic E-state index is 0.0376. The highest BCUT2D eigenvalue weighted by Crippen LogP contribution is 2.23. The fourth-order valence-corrected chi connectivity index (χ4v) is 2.50. The molecule has 1 saturated heterocycles. The smallest absolute Gasteiger partial charge is 0.323 e. The van der Waals surface area contributed by atoms with Crippen LogP contribution in [0.2, 0.25) is 0 Å². The van der Waals surface area contributed by atoms with Gasteiger partial charge in [0, 0.05) is 13.1 Å². The highest BCUT2D eigenvalue weighted by molar-refractivity contribution is 9.11.